The van der Waals surface area contributed by atoms with E-state index in [1.165, 1.54) is 12.0 Å². The number of fused-ring (bicyclic) bond motifs is 3. The molecule has 0 radical (unpaired) electrons. The van der Waals surface area contributed by atoms with Gasteiger partial charge >= 0.3 is 0 Å². The lowest BCUT2D eigenvalue weighted by Gasteiger charge is -2.34. The Morgan fingerprint density at radius 1 is 1.10 bits per heavy atom. The lowest BCUT2D eigenvalue weighted by molar-refractivity contribution is 0.0994. The fraction of sp³-hybridized carbons (Fsp3) is 0.333. The highest BCUT2D eigenvalue weighted by Gasteiger charge is 2.28. The first-order chi connectivity index (χ1) is 14.6. The number of aromatic nitrogens is 4. The molecule has 1 fully saturated rings. The summed E-state index contributed by atoms with van der Waals surface area (Å²) < 4.78 is 0. The molecule has 9 heteroatoms. The highest BCUT2D eigenvalue weighted by molar-refractivity contribution is 5.94. The van der Waals surface area contributed by atoms with Crippen molar-refractivity contribution < 1.29 is 4.79 Å². The average Bonchev–Trinajstić information content (AvgIpc) is 3.14. The molecule has 1 amide bonds. The van der Waals surface area contributed by atoms with Crippen LogP contribution >= 0.6 is 0 Å². The second-order valence-electron chi connectivity index (χ2n) is 7.80. The van der Waals surface area contributed by atoms with Crippen molar-refractivity contribution in [2.45, 2.75) is 12.8 Å². The molecule has 1 aromatic carbocycles. The smallest absolute Gasteiger partial charge is 0.269 e. The predicted octanol–water partition coefficient (Wildman–Crippen LogP) is 1.16. The summed E-state index contributed by atoms with van der Waals surface area (Å²) in [5, 5.41) is 4.46. The molecule has 1 aliphatic heterocycles. The molecule has 0 bridgehead atoms. The van der Waals surface area contributed by atoms with Crippen molar-refractivity contribution >= 4 is 17.3 Å². The van der Waals surface area contributed by atoms with Gasteiger partial charge in [0.05, 0.1) is 11.4 Å². The van der Waals surface area contributed by atoms with Crippen molar-refractivity contribution in [1.82, 2.24) is 24.8 Å². The molecule has 30 heavy (non-hydrogen) atoms. The van der Waals surface area contributed by atoms with Gasteiger partial charge < -0.3 is 15.5 Å². The molecule has 3 heterocycles. The number of primary amides is 1. The van der Waals surface area contributed by atoms with Gasteiger partial charge in [-0.3, -0.25) is 10.2 Å². The minimum absolute atomic E-state index is 0.288. The van der Waals surface area contributed by atoms with Gasteiger partial charge in [0.1, 0.15) is 12.0 Å². The molecule has 154 valence electrons. The van der Waals surface area contributed by atoms with E-state index in [-0.39, 0.29) is 5.69 Å². The van der Waals surface area contributed by atoms with Crippen molar-refractivity contribution in [3.63, 3.8) is 0 Å². The maximum absolute atomic E-state index is 12.0. The van der Waals surface area contributed by atoms with Crippen LogP contribution in [0.2, 0.25) is 0 Å². The van der Waals surface area contributed by atoms with Gasteiger partial charge in [0, 0.05) is 43.6 Å². The number of carbonyl (C=O) groups excluding carboxylic acids is 1. The summed E-state index contributed by atoms with van der Waals surface area (Å²) >= 11 is 0. The number of hydrogen-bond donors (Lipinski definition) is 2. The molecule has 0 spiro atoms. The van der Waals surface area contributed by atoms with E-state index in [1.54, 1.807) is 4.79 Å². The lowest BCUT2D eigenvalue weighted by atomic mass is 9.93. The van der Waals surface area contributed by atoms with E-state index in [9.17, 15) is 4.79 Å². The van der Waals surface area contributed by atoms with Crippen molar-refractivity contribution in [3.8, 4) is 11.4 Å². The zero-order valence-electron chi connectivity index (χ0n) is 16.9. The maximum atomic E-state index is 12.0. The third-order valence-electron chi connectivity index (χ3n) is 5.84. The number of hydrogen-bond acceptors (Lipinski definition) is 7. The van der Waals surface area contributed by atoms with Gasteiger partial charge in [-0.2, -0.15) is 4.79 Å². The van der Waals surface area contributed by atoms with Crippen LogP contribution in [-0.4, -0.2) is 63.9 Å². The van der Waals surface area contributed by atoms with Crippen LogP contribution < -0.4 is 16.1 Å². The summed E-state index contributed by atoms with van der Waals surface area (Å²) in [6, 6.07) is 8.26. The highest BCUT2D eigenvalue weighted by Crippen LogP contribution is 2.33. The summed E-state index contributed by atoms with van der Waals surface area (Å²) in [7, 11) is 2.15. The van der Waals surface area contributed by atoms with E-state index in [0.29, 0.717) is 6.42 Å². The number of aryl methyl sites for hydroxylation is 1. The fourth-order valence-electron chi connectivity index (χ4n) is 4.16. The van der Waals surface area contributed by atoms with Crippen molar-refractivity contribution in [2.75, 3.05) is 43.6 Å². The summed E-state index contributed by atoms with van der Waals surface area (Å²) in [5.41, 5.74) is 14.7. The molecule has 1 aliphatic carbocycles. The quantitative estimate of drug-likeness (QED) is 0.672. The number of carbonyl (C=O) groups is 1. The molecule has 0 saturated carbocycles. The number of benzene rings is 1. The number of likely N-dealkylation sites (N-methyl/N-ethyl adjacent to an activating group) is 1. The van der Waals surface area contributed by atoms with Crippen LogP contribution in [0.3, 0.4) is 0 Å². The predicted molar refractivity (Wildman–Crippen MR) is 114 cm³/mol. The molecule has 0 unspecified atom stereocenters. The van der Waals surface area contributed by atoms with Crippen molar-refractivity contribution in [2.24, 2.45) is 5.73 Å². The maximum Gasteiger partial charge on any atom is 0.269 e. The largest absolute Gasteiger partial charge is 0.369 e. The molecule has 3 aromatic rings. The van der Waals surface area contributed by atoms with E-state index in [1.807, 2.05) is 18.3 Å². The van der Waals surface area contributed by atoms with Gasteiger partial charge in [-0.25, -0.2) is 9.97 Å². The second-order valence-corrected chi connectivity index (χ2v) is 7.80. The van der Waals surface area contributed by atoms with E-state index in [4.69, 9.17) is 5.73 Å². The van der Waals surface area contributed by atoms with Gasteiger partial charge in [-0.15, -0.1) is 5.10 Å². The Balaban J connectivity index is 1.45. The first kappa shape index (κ1) is 18.6. The van der Waals surface area contributed by atoms with E-state index >= 15 is 0 Å². The topological polar surface area (TPSA) is 105 Å². The minimum atomic E-state index is -0.533. The van der Waals surface area contributed by atoms with Gasteiger partial charge in [-0.05, 0) is 49.7 Å². The van der Waals surface area contributed by atoms with Gasteiger partial charge in [0.25, 0.3) is 5.91 Å². The number of anilines is 2. The summed E-state index contributed by atoms with van der Waals surface area (Å²) in [6.45, 7) is 4.18. The van der Waals surface area contributed by atoms with E-state index in [2.05, 4.69) is 49.5 Å². The third-order valence-corrected chi connectivity index (χ3v) is 5.84. The summed E-state index contributed by atoms with van der Waals surface area (Å²) in [5.74, 6) is -0.533. The van der Waals surface area contributed by atoms with Crippen LogP contribution in [0.4, 0.5) is 11.4 Å². The third kappa shape index (κ3) is 3.26. The Bertz CT molecular complexity index is 1080. The van der Waals surface area contributed by atoms with E-state index < -0.39 is 5.91 Å². The first-order valence-corrected chi connectivity index (χ1v) is 10.1. The Hall–Kier alpha value is -3.46. The standard InChI is InChI=1S/C21H24N8O/c1-27-8-10-28(11-9-27)16-5-3-15(4-6-16)25-29-20-17(19(26-29)21(22)30)7-2-14-12-23-13-24-18(14)20/h3-6,12-13,25H,2,7-11H2,1H3,(H2,22,30). The van der Waals surface area contributed by atoms with Gasteiger partial charge in [0.15, 0.2) is 5.69 Å². The van der Waals surface area contributed by atoms with Crippen molar-refractivity contribution in [1.29, 1.82) is 0 Å². The SMILES string of the molecule is CN1CCN(c2ccc(Nn3nc(C(N)=O)c4c3-c3ncncc3CC4)cc2)CC1. The van der Waals surface area contributed by atoms with Crippen LogP contribution in [0.1, 0.15) is 21.6 Å². The molecule has 2 aliphatic rings. The molecule has 1 saturated heterocycles. The second kappa shape index (κ2) is 7.42. The molecule has 5 rings (SSSR count). The minimum Gasteiger partial charge on any atom is -0.369 e. The van der Waals surface area contributed by atoms with Crippen LogP contribution in [0.25, 0.3) is 11.4 Å². The molecular formula is C21H24N8O. The highest BCUT2D eigenvalue weighted by atomic mass is 16.1. The summed E-state index contributed by atoms with van der Waals surface area (Å²) in [4.78, 5) is 26.9. The summed E-state index contributed by atoms with van der Waals surface area (Å²) in [6.07, 6.45) is 4.77. The Morgan fingerprint density at radius 2 is 1.87 bits per heavy atom. The fourth-order valence-corrected chi connectivity index (χ4v) is 4.16. The zero-order valence-corrected chi connectivity index (χ0v) is 16.9. The van der Waals surface area contributed by atoms with E-state index in [0.717, 1.165) is 60.8 Å². The van der Waals surface area contributed by atoms with Gasteiger partial charge in [-0.1, -0.05) is 0 Å². The Kier molecular flexibility index (Phi) is 4.59. The molecule has 9 nitrogen and oxygen atoms in total. The van der Waals surface area contributed by atoms with Crippen molar-refractivity contribution in [3.05, 3.63) is 53.6 Å². The van der Waals surface area contributed by atoms with Crippen LogP contribution in [0, 0.1) is 0 Å². The number of nitrogens with zero attached hydrogens (tertiary/aromatic N) is 6. The number of amides is 1. The Morgan fingerprint density at radius 3 is 2.60 bits per heavy atom. The molecule has 2 aromatic heterocycles. The number of nitrogens with two attached hydrogens (primary N) is 1. The van der Waals surface area contributed by atoms with Gasteiger partial charge in [0.2, 0.25) is 0 Å². The first-order valence-electron chi connectivity index (χ1n) is 10.1. The molecular weight excluding hydrogens is 380 g/mol. The number of rotatable bonds is 4. The number of nitrogens with one attached hydrogen (secondary N) is 1. The molecule has 3 N–H and O–H groups in total. The normalized spacial score (nSPS) is 16.1. The van der Waals surface area contributed by atoms with Crippen LogP contribution in [0.5, 0.6) is 0 Å². The Labute approximate surface area is 174 Å². The monoisotopic (exact) mass is 404 g/mol. The van der Waals surface area contributed by atoms with Crippen LogP contribution in [0.15, 0.2) is 36.8 Å². The lowest BCUT2D eigenvalue weighted by Crippen LogP contribution is -2.44. The average molecular weight is 404 g/mol. The molecule has 0 atom stereocenters. The van der Waals surface area contributed by atoms with Crippen LogP contribution in [-0.2, 0) is 12.8 Å². The number of piperazine rings is 1. The zero-order chi connectivity index (χ0) is 20.7.